The van der Waals surface area contributed by atoms with Crippen molar-refractivity contribution in [1.29, 1.82) is 0 Å². The molecule has 1 atom stereocenters. The van der Waals surface area contributed by atoms with E-state index < -0.39 is 11.8 Å². The fraction of sp³-hybridized carbons (Fsp3) is 0.556. The molecule has 0 bridgehead atoms. The number of likely N-dealkylation sites (tertiary alicyclic amines) is 1. The molecular weight excluding hydrogens is 313 g/mol. The molecule has 6 heteroatoms. The van der Waals surface area contributed by atoms with Gasteiger partial charge in [0.25, 0.3) is 0 Å². The number of hydrogen-bond acceptors (Lipinski definition) is 3. The van der Waals surface area contributed by atoms with E-state index in [1.54, 1.807) is 23.1 Å². The smallest absolute Gasteiger partial charge is 0.303 e. The minimum Gasteiger partial charge on any atom is -0.494 e. The van der Waals surface area contributed by atoms with E-state index in [2.05, 4.69) is 0 Å². The second-order valence-corrected chi connectivity index (χ2v) is 6.21. The van der Waals surface area contributed by atoms with Gasteiger partial charge in [-0.2, -0.15) is 0 Å². The predicted molar refractivity (Wildman–Crippen MR) is 87.4 cm³/mol. The van der Waals surface area contributed by atoms with Crippen molar-refractivity contribution in [3.8, 4) is 5.75 Å². The normalized spacial score (nSPS) is 17.6. The van der Waals surface area contributed by atoms with Crippen LogP contribution in [0.3, 0.4) is 0 Å². The minimum absolute atomic E-state index is 0.00255. The zero-order valence-electron chi connectivity index (χ0n) is 14.0. The van der Waals surface area contributed by atoms with Gasteiger partial charge in [-0.05, 0) is 43.2 Å². The molecule has 1 heterocycles. The number of aliphatic carboxylic acids is 1. The first-order valence-corrected chi connectivity index (χ1v) is 8.32. The molecule has 1 aromatic rings. The van der Waals surface area contributed by atoms with Crippen LogP contribution in [0.2, 0.25) is 0 Å². The zero-order chi connectivity index (χ0) is 17.5. The Kier molecular flexibility index (Phi) is 6.58. The number of aryl methyl sites for hydroxylation is 1. The number of carbonyl (C=O) groups excluding carboxylic acids is 1. The van der Waals surface area contributed by atoms with Crippen LogP contribution < -0.4 is 4.74 Å². The van der Waals surface area contributed by atoms with Crippen molar-refractivity contribution in [2.75, 3.05) is 20.2 Å². The lowest BCUT2D eigenvalue weighted by Crippen LogP contribution is -2.40. The molecule has 1 saturated heterocycles. The highest BCUT2D eigenvalue weighted by atomic mass is 19.1. The van der Waals surface area contributed by atoms with Gasteiger partial charge in [0, 0.05) is 25.9 Å². The number of ether oxygens (including phenoxy) is 1. The van der Waals surface area contributed by atoms with Crippen molar-refractivity contribution >= 4 is 11.9 Å². The lowest BCUT2D eigenvalue weighted by molar-refractivity contribution is -0.137. The van der Waals surface area contributed by atoms with E-state index in [0.29, 0.717) is 31.5 Å². The number of halogens is 1. The minimum atomic E-state index is -0.799. The Balaban J connectivity index is 1.87. The number of rotatable bonds is 7. The third-order valence-electron chi connectivity index (χ3n) is 4.51. The molecule has 1 aliphatic heterocycles. The van der Waals surface area contributed by atoms with E-state index in [-0.39, 0.29) is 30.4 Å². The van der Waals surface area contributed by atoms with E-state index in [9.17, 15) is 14.0 Å². The van der Waals surface area contributed by atoms with Crippen molar-refractivity contribution in [3.63, 3.8) is 0 Å². The van der Waals surface area contributed by atoms with Crippen LogP contribution in [-0.4, -0.2) is 42.1 Å². The summed E-state index contributed by atoms with van der Waals surface area (Å²) in [6.07, 6.45) is 3.17. The fourth-order valence-electron chi connectivity index (χ4n) is 3.16. The van der Waals surface area contributed by atoms with Crippen LogP contribution in [0.4, 0.5) is 4.39 Å². The van der Waals surface area contributed by atoms with Crippen molar-refractivity contribution in [2.24, 2.45) is 5.92 Å². The number of carboxylic acid groups (broad SMARTS) is 1. The first kappa shape index (κ1) is 18.2. The first-order chi connectivity index (χ1) is 11.5. The van der Waals surface area contributed by atoms with E-state index in [1.165, 1.54) is 7.11 Å². The monoisotopic (exact) mass is 337 g/mol. The highest BCUT2D eigenvalue weighted by Gasteiger charge is 2.24. The second kappa shape index (κ2) is 8.66. The molecule has 1 N–H and O–H groups in total. The Hall–Kier alpha value is -2.11. The van der Waals surface area contributed by atoms with Gasteiger partial charge in [-0.3, -0.25) is 9.59 Å². The molecule has 1 aliphatic rings. The summed E-state index contributed by atoms with van der Waals surface area (Å²) in [7, 11) is 1.42. The van der Waals surface area contributed by atoms with Crippen LogP contribution in [0.5, 0.6) is 5.75 Å². The molecule has 0 spiro atoms. The Morgan fingerprint density at radius 3 is 2.88 bits per heavy atom. The summed E-state index contributed by atoms with van der Waals surface area (Å²) in [6.45, 7) is 1.30. The number of piperidine rings is 1. The van der Waals surface area contributed by atoms with Crippen LogP contribution in [0.15, 0.2) is 18.2 Å². The number of carboxylic acids is 1. The average Bonchev–Trinajstić information content (AvgIpc) is 2.59. The number of amides is 1. The van der Waals surface area contributed by atoms with Crippen LogP contribution >= 0.6 is 0 Å². The van der Waals surface area contributed by atoms with Crippen molar-refractivity contribution in [1.82, 2.24) is 4.90 Å². The highest BCUT2D eigenvalue weighted by molar-refractivity contribution is 5.76. The third kappa shape index (κ3) is 4.94. The largest absolute Gasteiger partial charge is 0.494 e. The SMILES string of the molecule is COc1cccc(CCC(=O)N2CCCC(CCC(=O)O)C2)c1F. The van der Waals surface area contributed by atoms with Gasteiger partial charge in [-0.15, -0.1) is 0 Å². The van der Waals surface area contributed by atoms with E-state index in [4.69, 9.17) is 9.84 Å². The number of carbonyl (C=O) groups is 2. The van der Waals surface area contributed by atoms with Gasteiger partial charge in [0.15, 0.2) is 11.6 Å². The zero-order valence-corrected chi connectivity index (χ0v) is 14.0. The molecule has 132 valence electrons. The lowest BCUT2D eigenvalue weighted by atomic mass is 9.93. The van der Waals surface area contributed by atoms with Gasteiger partial charge in [0.1, 0.15) is 0 Å². The van der Waals surface area contributed by atoms with Crippen LogP contribution in [0, 0.1) is 11.7 Å². The standard InChI is InChI=1S/C18H24FNO4/c1-24-15-6-2-5-14(18(15)19)8-9-16(21)20-11-3-4-13(12-20)7-10-17(22)23/h2,5-6,13H,3-4,7-12H2,1H3,(H,22,23). The van der Waals surface area contributed by atoms with Crippen molar-refractivity contribution in [2.45, 2.75) is 38.5 Å². The Bertz CT molecular complexity index is 590. The molecule has 1 fully saturated rings. The van der Waals surface area contributed by atoms with Gasteiger partial charge in [0.2, 0.25) is 5.91 Å². The number of hydrogen-bond donors (Lipinski definition) is 1. The Morgan fingerprint density at radius 1 is 1.38 bits per heavy atom. The summed E-state index contributed by atoms with van der Waals surface area (Å²) >= 11 is 0. The molecule has 24 heavy (non-hydrogen) atoms. The quantitative estimate of drug-likeness (QED) is 0.831. The molecule has 0 saturated carbocycles. The number of benzene rings is 1. The lowest BCUT2D eigenvalue weighted by Gasteiger charge is -2.32. The van der Waals surface area contributed by atoms with Crippen LogP contribution in [-0.2, 0) is 16.0 Å². The molecular formula is C18H24FNO4. The van der Waals surface area contributed by atoms with Gasteiger partial charge in [0.05, 0.1) is 7.11 Å². The van der Waals surface area contributed by atoms with E-state index in [0.717, 1.165) is 12.8 Å². The Labute approximate surface area is 141 Å². The molecule has 1 amide bonds. The summed E-state index contributed by atoms with van der Waals surface area (Å²) in [4.78, 5) is 24.8. The molecule has 0 radical (unpaired) electrons. The maximum absolute atomic E-state index is 14.1. The summed E-state index contributed by atoms with van der Waals surface area (Å²) in [5.74, 6) is -0.783. The predicted octanol–water partition coefficient (Wildman–Crippen LogP) is 2.87. The third-order valence-corrected chi connectivity index (χ3v) is 4.51. The van der Waals surface area contributed by atoms with E-state index >= 15 is 0 Å². The average molecular weight is 337 g/mol. The molecule has 5 nitrogen and oxygen atoms in total. The molecule has 1 aromatic carbocycles. The summed E-state index contributed by atoms with van der Waals surface area (Å²) < 4.78 is 19.0. The molecule has 0 aromatic heterocycles. The topological polar surface area (TPSA) is 66.8 Å². The maximum atomic E-state index is 14.1. The number of methoxy groups -OCH3 is 1. The van der Waals surface area contributed by atoms with Crippen LogP contribution in [0.25, 0.3) is 0 Å². The summed E-state index contributed by atoms with van der Waals surface area (Å²) in [5.41, 5.74) is 0.474. The molecule has 0 aliphatic carbocycles. The molecule has 2 rings (SSSR count). The van der Waals surface area contributed by atoms with Crippen LogP contribution in [0.1, 0.15) is 37.7 Å². The Morgan fingerprint density at radius 2 is 2.17 bits per heavy atom. The first-order valence-electron chi connectivity index (χ1n) is 8.32. The summed E-state index contributed by atoms with van der Waals surface area (Å²) in [6, 6.07) is 4.93. The van der Waals surface area contributed by atoms with Gasteiger partial charge >= 0.3 is 5.97 Å². The van der Waals surface area contributed by atoms with E-state index in [1.807, 2.05) is 0 Å². The molecule has 1 unspecified atom stereocenters. The second-order valence-electron chi connectivity index (χ2n) is 6.21. The summed E-state index contributed by atoms with van der Waals surface area (Å²) in [5, 5.41) is 8.77. The van der Waals surface area contributed by atoms with Crippen molar-refractivity contribution in [3.05, 3.63) is 29.6 Å². The van der Waals surface area contributed by atoms with Gasteiger partial charge < -0.3 is 14.7 Å². The van der Waals surface area contributed by atoms with Gasteiger partial charge in [-0.25, -0.2) is 4.39 Å². The number of nitrogens with zero attached hydrogens (tertiary/aromatic N) is 1. The maximum Gasteiger partial charge on any atom is 0.303 e. The van der Waals surface area contributed by atoms with Crippen molar-refractivity contribution < 1.29 is 23.8 Å². The highest BCUT2D eigenvalue weighted by Crippen LogP contribution is 2.23. The van der Waals surface area contributed by atoms with Gasteiger partial charge in [-0.1, -0.05) is 12.1 Å². The fourth-order valence-corrected chi connectivity index (χ4v) is 3.16.